The van der Waals surface area contributed by atoms with Crippen LogP contribution in [0.2, 0.25) is 0 Å². The van der Waals surface area contributed by atoms with Crippen molar-refractivity contribution >= 4 is 0 Å². The number of benzene rings is 2. The van der Waals surface area contributed by atoms with Crippen LogP contribution in [0, 0.1) is 11.6 Å². The first-order chi connectivity index (χ1) is 9.49. The van der Waals surface area contributed by atoms with Crippen LogP contribution in [0.3, 0.4) is 0 Å². The van der Waals surface area contributed by atoms with Crippen molar-refractivity contribution < 1.29 is 13.9 Å². The Bertz CT molecular complexity index is 570. The zero-order valence-corrected chi connectivity index (χ0v) is 11.2. The molecule has 0 spiro atoms. The third-order valence-electron chi connectivity index (χ3n) is 3.18. The lowest BCUT2D eigenvalue weighted by Gasteiger charge is -2.24. The topological polar surface area (TPSA) is 32.3 Å². The van der Waals surface area contributed by atoms with Gasteiger partial charge in [-0.1, -0.05) is 36.4 Å². The maximum Gasteiger partial charge on any atom is 0.159 e. The van der Waals surface area contributed by atoms with Gasteiger partial charge in [0.1, 0.15) is 0 Å². The van der Waals surface area contributed by atoms with Crippen LogP contribution in [0.25, 0.3) is 0 Å². The van der Waals surface area contributed by atoms with Crippen LogP contribution in [0.1, 0.15) is 18.1 Å². The van der Waals surface area contributed by atoms with Gasteiger partial charge >= 0.3 is 0 Å². The summed E-state index contributed by atoms with van der Waals surface area (Å²) < 4.78 is 25.8. The Labute approximate surface area is 117 Å². The van der Waals surface area contributed by atoms with Gasteiger partial charge in [-0.15, -0.1) is 0 Å². The van der Waals surface area contributed by atoms with Gasteiger partial charge in [0.2, 0.25) is 0 Å². The van der Waals surface area contributed by atoms with Crippen LogP contribution in [-0.4, -0.2) is 11.7 Å². The molecule has 0 bridgehead atoms. The summed E-state index contributed by atoms with van der Waals surface area (Å²) in [5, 5.41) is 13.4. The Morgan fingerprint density at radius 3 is 2.40 bits per heavy atom. The van der Waals surface area contributed by atoms with E-state index in [0.717, 1.165) is 17.7 Å². The SMILES string of the molecule is CC(O)(CNCc1ccc(F)c(F)c1)c1ccccc1. The summed E-state index contributed by atoms with van der Waals surface area (Å²) in [6.45, 7) is 2.39. The van der Waals surface area contributed by atoms with Crippen molar-refractivity contribution in [2.75, 3.05) is 6.54 Å². The summed E-state index contributed by atoms with van der Waals surface area (Å²) in [4.78, 5) is 0. The average Bonchev–Trinajstić information content (AvgIpc) is 2.44. The predicted molar refractivity (Wildman–Crippen MR) is 74.1 cm³/mol. The van der Waals surface area contributed by atoms with Crippen LogP contribution in [0.15, 0.2) is 48.5 Å². The van der Waals surface area contributed by atoms with Crippen LogP contribution in [0.5, 0.6) is 0 Å². The normalized spacial score (nSPS) is 14.0. The molecule has 0 heterocycles. The molecule has 2 rings (SSSR count). The summed E-state index contributed by atoms with van der Waals surface area (Å²) in [6.07, 6.45) is 0. The molecule has 0 amide bonds. The van der Waals surface area contributed by atoms with E-state index >= 15 is 0 Å². The first-order valence-corrected chi connectivity index (χ1v) is 6.41. The minimum absolute atomic E-state index is 0.315. The van der Waals surface area contributed by atoms with Crippen LogP contribution >= 0.6 is 0 Å². The molecule has 2 aromatic carbocycles. The molecule has 1 atom stereocenters. The van der Waals surface area contributed by atoms with Gasteiger partial charge < -0.3 is 10.4 Å². The molecule has 0 aliphatic rings. The summed E-state index contributed by atoms with van der Waals surface area (Å²) in [7, 11) is 0. The first kappa shape index (κ1) is 14.6. The van der Waals surface area contributed by atoms with Crippen LogP contribution in [0.4, 0.5) is 8.78 Å². The molecule has 0 fully saturated rings. The number of hydrogen-bond acceptors (Lipinski definition) is 2. The highest BCUT2D eigenvalue weighted by molar-refractivity contribution is 5.22. The van der Waals surface area contributed by atoms with E-state index in [1.54, 1.807) is 6.92 Å². The van der Waals surface area contributed by atoms with Gasteiger partial charge in [-0.2, -0.15) is 0 Å². The van der Waals surface area contributed by atoms with Gasteiger partial charge in [0.25, 0.3) is 0 Å². The van der Waals surface area contributed by atoms with Crippen molar-refractivity contribution in [1.29, 1.82) is 0 Å². The van der Waals surface area contributed by atoms with E-state index in [0.29, 0.717) is 18.7 Å². The molecule has 0 aliphatic carbocycles. The maximum atomic E-state index is 13.1. The van der Waals surface area contributed by atoms with E-state index < -0.39 is 17.2 Å². The largest absolute Gasteiger partial charge is 0.384 e. The third kappa shape index (κ3) is 3.62. The van der Waals surface area contributed by atoms with Crippen molar-refractivity contribution in [2.45, 2.75) is 19.1 Å². The number of rotatable bonds is 5. The van der Waals surface area contributed by atoms with E-state index in [2.05, 4.69) is 5.32 Å². The molecular formula is C16H17F2NO. The quantitative estimate of drug-likeness (QED) is 0.880. The van der Waals surface area contributed by atoms with E-state index in [-0.39, 0.29) is 0 Å². The molecule has 20 heavy (non-hydrogen) atoms. The number of hydrogen-bond donors (Lipinski definition) is 2. The fourth-order valence-corrected chi connectivity index (χ4v) is 2.00. The molecule has 2 nitrogen and oxygen atoms in total. The van der Waals surface area contributed by atoms with Crippen LogP contribution in [-0.2, 0) is 12.1 Å². The molecule has 2 aromatic rings. The molecule has 1 unspecified atom stereocenters. The van der Waals surface area contributed by atoms with E-state index in [1.807, 2.05) is 30.3 Å². The molecule has 0 aromatic heterocycles. The second-order valence-corrected chi connectivity index (χ2v) is 4.99. The maximum absolute atomic E-state index is 13.1. The fraction of sp³-hybridized carbons (Fsp3) is 0.250. The Morgan fingerprint density at radius 2 is 1.75 bits per heavy atom. The fourth-order valence-electron chi connectivity index (χ4n) is 2.00. The summed E-state index contributed by atoms with van der Waals surface area (Å²) in [5.74, 6) is -1.72. The van der Waals surface area contributed by atoms with Gasteiger partial charge in [-0.25, -0.2) is 8.78 Å². The van der Waals surface area contributed by atoms with Crippen molar-refractivity contribution in [1.82, 2.24) is 5.32 Å². The van der Waals surface area contributed by atoms with Gasteiger partial charge in [0, 0.05) is 13.1 Å². The van der Waals surface area contributed by atoms with Crippen LogP contribution < -0.4 is 5.32 Å². The van der Waals surface area contributed by atoms with Crippen molar-refractivity contribution in [2.24, 2.45) is 0 Å². The third-order valence-corrected chi connectivity index (χ3v) is 3.18. The minimum atomic E-state index is -1.01. The first-order valence-electron chi connectivity index (χ1n) is 6.41. The molecule has 0 saturated heterocycles. The predicted octanol–water partition coefficient (Wildman–Crippen LogP) is 2.96. The lowest BCUT2D eigenvalue weighted by molar-refractivity contribution is 0.0566. The highest BCUT2D eigenvalue weighted by Gasteiger charge is 2.21. The van der Waals surface area contributed by atoms with Gasteiger partial charge in [0.15, 0.2) is 11.6 Å². The smallest absolute Gasteiger partial charge is 0.159 e. The molecule has 2 N–H and O–H groups in total. The number of halogens is 2. The van der Waals surface area contributed by atoms with E-state index in [9.17, 15) is 13.9 Å². The van der Waals surface area contributed by atoms with E-state index in [4.69, 9.17) is 0 Å². The number of aliphatic hydroxyl groups is 1. The zero-order valence-electron chi connectivity index (χ0n) is 11.2. The molecule has 4 heteroatoms. The Morgan fingerprint density at radius 1 is 1.05 bits per heavy atom. The Balaban J connectivity index is 1.93. The highest BCUT2D eigenvalue weighted by Crippen LogP contribution is 2.19. The second kappa shape index (κ2) is 6.11. The average molecular weight is 277 g/mol. The van der Waals surface area contributed by atoms with Crippen molar-refractivity contribution in [3.05, 3.63) is 71.3 Å². The Hall–Kier alpha value is -1.78. The zero-order chi connectivity index (χ0) is 14.6. The lowest BCUT2D eigenvalue weighted by atomic mass is 9.96. The summed E-state index contributed by atoms with van der Waals surface area (Å²) in [6, 6.07) is 13.1. The molecule has 0 saturated carbocycles. The van der Waals surface area contributed by atoms with Gasteiger partial charge in [-0.3, -0.25) is 0 Å². The highest BCUT2D eigenvalue weighted by atomic mass is 19.2. The molecular weight excluding hydrogens is 260 g/mol. The monoisotopic (exact) mass is 277 g/mol. The summed E-state index contributed by atoms with van der Waals surface area (Å²) >= 11 is 0. The lowest BCUT2D eigenvalue weighted by Crippen LogP contribution is -2.35. The number of nitrogens with one attached hydrogen (secondary N) is 1. The molecule has 106 valence electrons. The standard InChI is InChI=1S/C16H17F2NO/c1-16(20,13-5-3-2-4-6-13)11-19-10-12-7-8-14(17)15(18)9-12/h2-9,19-20H,10-11H2,1H3. The van der Waals surface area contributed by atoms with E-state index in [1.165, 1.54) is 6.07 Å². The Kier molecular flexibility index (Phi) is 4.47. The minimum Gasteiger partial charge on any atom is -0.384 e. The van der Waals surface area contributed by atoms with Crippen molar-refractivity contribution in [3.63, 3.8) is 0 Å². The second-order valence-electron chi connectivity index (χ2n) is 4.99. The van der Waals surface area contributed by atoms with Crippen molar-refractivity contribution in [3.8, 4) is 0 Å². The molecule has 0 aliphatic heterocycles. The van der Waals surface area contributed by atoms with Gasteiger partial charge in [-0.05, 0) is 30.2 Å². The van der Waals surface area contributed by atoms with Gasteiger partial charge in [0.05, 0.1) is 5.60 Å². The summed E-state index contributed by atoms with van der Waals surface area (Å²) in [5.41, 5.74) is 0.422. The molecule has 0 radical (unpaired) electrons.